The summed E-state index contributed by atoms with van der Waals surface area (Å²) in [7, 11) is -3.20. The molecule has 1 spiro atoms. The number of hydrogen-bond donors (Lipinski definition) is 2. The van der Waals surface area contributed by atoms with Crippen molar-refractivity contribution >= 4 is 10.2 Å². The maximum Gasteiger partial charge on any atom is 0.277 e. The van der Waals surface area contributed by atoms with Crippen LogP contribution >= 0.6 is 0 Å². The zero-order valence-corrected chi connectivity index (χ0v) is 9.65. The van der Waals surface area contributed by atoms with E-state index in [1.807, 2.05) is 0 Å². The molecule has 0 aromatic heterocycles. The Hall–Kier alpha value is -0.130. The quantitative estimate of drug-likeness (QED) is 0.645. The Balaban J connectivity index is 1.97. The van der Waals surface area contributed by atoms with E-state index >= 15 is 0 Å². The van der Waals surface area contributed by atoms with Crippen LogP contribution in [0.15, 0.2) is 0 Å². The molecular weight excluding hydrogens is 212 g/mol. The SMILES string of the molecule is O=S1(=O)NCC2(N1)C1CCCCC2CC1. The van der Waals surface area contributed by atoms with Gasteiger partial charge in [0.05, 0.1) is 5.54 Å². The lowest BCUT2D eigenvalue weighted by molar-refractivity contribution is 0.242. The largest absolute Gasteiger partial charge is 0.277 e. The minimum absolute atomic E-state index is 0.130. The van der Waals surface area contributed by atoms with Gasteiger partial charge in [0.1, 0.15) is 0 Å². The molecule has 2 atom stereocenters. The fourth-order valence-corrected chi connectivity index (χ4v) is 5.24. The monoisotopic (exact) mass is 230 g/mol. The topological polar surface area (TPSA) is 58.2 Å². The van der Waals surface area contributed by atoms with Gasteiger partial charge in [-0.15, -0.1) is 0 Å². The Labute approximate surface area is 91.0 Å². The molecule has 4 nitrogen and oxygen atoms in total. The first-order valence-corrected chi connectivity index (χ1v) is 7.39. The molecule has 2 aliphatic carbocycles. The van der Waals surface area contributed by atoms with Gasteiger partial charge in [-0.25, -0.2) is 4.72 Å². The molecule has 2 unspecified atom stereocenters. The molecule has 1 saturated heterocycles. The third-order valence-corrected chi connectivity index (χ3v) is 5.73. The van der Waals surface area contributed by atoms with E-state index in [2.05, 4.69) is 9.44 Å². The summed E-state index contributed by atoms with van der Waals surface area (Å²) in [6.45, 7) is 0.616. The molecule has 0 aromatic rings. The van der Waals surface area contributed by atoms with Crippen LogP contribution in [0.25, 0.3) is 0 Å². The van der Waals surface area contributed by atoms with E-state index in [9.17, 15) is 8.42 Å². The smallest absolute Gasteiger partial charge is 0.200 e. The second-order valence-electron chi connectivity index (χ2n) is 5.22. The second kappa shape index (κ2) is 3.18. The van der Waals surface area contributed by atoms with Crippen molar-refractivity contribution in [1.82, 2.24) is 9.44 Å². The van der Waals surface area contributed by atoms with Crippen LogP contribution in [-0.2, 0) is 10.2 Å². The van der Waals surface area contributed by atoms with Gasteiger partial charge in [0.25, 0.3) is 10.2 Å². The van der Waals surface area contributed by atoms with Gasteiger partial charge in [0.15, 0.2) is 0 Å². The standard InChI is InChI=1S/C10H18N2O2S/c13-15(14)11-7-10(12-15)8-3-1-2-4-9(10)6-5-8/h8-9,11-12H,1-7H2. The zero-order chi connectivity index (χ0) is 10.5. The van der Waals surface area contributed by atoms with Crippen LogP contribution < -0.4 is 9.44 Å². The van der Waals surface area contributed by atoms with Crippen LogP contribution in [0, 0.1) is 11.8 Å². The molecular formula is C10H18N2O2S. The molecule has 3 rings (SSSR count). The highest BCUT2D eigenvalue weighted by molar-refractivity contribution is 7.87. The Bertz CT molecular complexity index is 352. The van der Waals surface area contributed by atoms with Crippen molar-refractivity contribution < 1.29 is 8.42 Å². The summed E-state index contributed by atoms with van der Waals surface area (Å²) in [5.41, 5.74) is -0.130. The Kier molecular flexibility index (Phi) is 2.13. The summed E-state index contributed by atoms with van der Waals surface area (Å²) >= 11 is 0. The molecule has 1 heterocycles. The fourth-order valence-electron chi connectivity index (χ4n) is 3.83. The average Bonchev–Trinajstić information content (AvgIpc) is 2.52. The Morgan fingerprint density at radius 2 is 1.60 bits per heavy atom. The lowest BCUT2D eigenvalue weighted by Crippen LogP contribution is -2.51. The van der Waals surface area contributed by atoms with Crippen LogP contribution in [0.4, 0.5) is 0 Å². The van der Waals surface area contributed by atoms with E-state index in [4.69, 9.17) is 0 Å². The van der Waals surface area contributed by atoms with Crippen molar-refractivity contribution in [1.29, 1.82) is 0 Å². The maximum absolute atomic E-state index is 11.5. The fraction of sp³-hybridized carbons (Fsp3) is 1.00. The van der Waals surface area contributed by atoms with E-state index < -0.39 is 10.2 Å². The number of hydrogen-bond acceptors (Lipinski definition) is 2. The third-order valence-electron chi connectivity index (χ3n) is 4.55. The molecule has 2 N–H and O–H groups in total. The van der Waals surface area contributed by atoms with E-state index in [-0.39, 0.29) is 5.54 Å². The molecule has 0 amide bonds. The van der Waals surface area contributed by atoms with Gasteiger partial charge in [-0.05, 0) is 37.5 Å². The van der Waals surface area contributed by atoms with Crippen molar-refractivity contribution in [2.45, 2.75) is 44.1 Å². The number of rotatable bonds is 0. The lowest BCUT2D eigenvalue weighted by atomic mass is 9.80. The first-order chi connectivity index (χ1) is 7.12. The molecule has 1 aliphatic heterocycles. The van der Waals surface area contributed by atoms with E-state index in [1.54, 1.807) is 0 Å². The van der Waals surface area contributed by atoms with Crippen LogP contribution in [0.3, 0.4) is 0 Å². The summed E-state index contributed by atoms with van der Waals surface area (Å²) in [5.74, 6) is 1.13. The van der Waals surface area contributed by atoms with Crippen LogP contribution in [0.2, 0.25) is 0 Å². The van der Waals surface area contributed by atoms with E-state index in [1.165, 1.54) is 38.5 Å². The summed E-state index contributed by atoms with van der Waals surface area (Å²) in [4.78, 5) is 0. The predicted octanol–water partition coefficient (Wildman–Crippen LogP) is 0.763. The molecule has 0 radical (unpaired) electrons. The van der Waals surface area contributed by atoms with E-state index in [0.29, 0.717) is 18.4 Å². The first-order valence-electron chi connectivity index (χ1n) is 5.91. The second-order valence-corrected chi connectivity index (χ2v) is 6.72. The molecule has 3 fully saturated rings. The van der Waals surface area contributed by atoms with Gasteiger partial charge in [0.2, 0.25) is 0 Å². The van der Waals surface area contributed by atoms with Crippen LogP contribution in [0.5, 0.6) is 0 Å². The highest BCUT2D eigenvalue weighted by atomic mass is 32.2. The normalized spacial score (nSPS) is 48.3. The van der Waals surface area contributed by atoms with Gasteiger partial charge in [-0.2, -0.15) is 13.1 Å². The summed E-state index contributed by atoms with van der Waals surface area (Å²) in [5, 5.41) is 0. The average molecular weight is 230 g/mol. The lowest BCUT2D eigenvalue weighted by Gasteiger charge is -2.33. The summed E-state index contributed by atoms with van der Waals surface area (Å²) in [6.07, 6.45) is 7.33. The Morgan fingerprint density at radius 1 is 1.00 bits per heavy atom. The van der Waals surface area contributed by atoms with E-state index in [0.717, 1.165) is 0 Å². The number of nitrogens with one attached hydrogen (secondary N) is 2. The van der Waals surface area contributed by atoms with Crippen molar-refractivity contribution in [3.63, 3.8) is 0 Å². The molecule has 2 bridgehead atoms. The van der Waals surface area contributed by atoms with Gasteiger partial charge in [0, 0.05) is 6.54 Å². The Morgan fingerprint density at radius 3 is 2.07 bits per heavy atom. The maximum atomic E-state index is 11.5. The van der Waals surface area contributed by atoms with Gasteiger partial charge < -0.3 is 0 Å². The van der Waals surface area contributed by atoms with Crippen molar-refractivity contribution in [2.75, 3.05) is 6.54 Å². The first kappa shape index (κ1) is 10.1. The molecule has 15 heavy (non-hydrogen) atoms. The van der Waals surface area contributed by atoms with Crippen LogP contribution in [-0.4, -0.2) is 20.5 Å². The minimum atomic E-state index is -3.20. The summed E-state index contributed by atoms with van der Waals surface area (Å²) < 4.78 is 28.6. The van der Waals surface area contributed by atoms with Crippen molar-refractivity contribution in [2.24, 2.45) is 11.8 Å². The molecule has 5 heteroatoms. The zero-order valence-electron chi connectivity index (χ0n) is 8.83. The van der Waals surface area contributed by atoms with Crippen LogP contribution in [0.1, 0.15) is 38.5 Å². The summed E-state index contributed by atoms with van der Waals surface area (Å²) in [6, 6.07) is 0. The van der Waals surface area contributed by atoms with Crippen molar-refractivity contribution in [3.05, 3.63) is 0 Å². The van der Waals surface area contributed by atoms with Crippen molar-refractivity contribution in [3.8, 4) is 0 Å². The van der Waals surface area contributed by atoms with Gasteiger partial charge in [-0.3, -0.25) is 0 Å². The molecule has 0 aromatic carbocycles. The third kappa shape index (κ3) is 1.44. The predicted molar refractivity (Wildman–Crippen MR) is 57.5 cm³/mol. The highest BCUT2D eigenvalue weighted by Gasteiger charge is 2.55. The molecule has 2 saturated carbocycles. The minimum Gasteiger partial charge on any atom is -0.200 e. The van der Waals surface area contributed by atoms with Gasteiger partial charge >= 0.3 is 0 Å². The highest BCUT2D eigenvalue weighted by Crippen LogP contribution is 2.49. The molecule has 3 aliphatic rings. The van der Waals surface area contributed by atoms with Gasteiger partial charge in [-0.1, -0.05) is 12.8 Å². The molecule has 86 valence electrons.